The molecule has 1 aromatic heterocycles. The van der Waals surface area contributed by atoms with Gasteiger partial charge in [-0.1, -0.05) is 30.3 Å². The summed E-state index contributed by atoms with van der Waals surface area (Å²) in [5, 5.41) is 0. The molecule has 0 aliphatic heterocycles. The van der Waals surface area contributed by atoms with Gasteiger partial charge in [-0.15, -0.1) is 0 Å². The van der Waals surface area contributed by atoms with Crippen molar-refractivity contribution in [3.8, 4) is 11.4 Å². The van der Waals surface area contributed by atoms with E-state index in [4.69, 9.17) is 0 Å². The van der Waals surface area contributed by atoms with Gasteiger partial charge in [-0.2, -0.15) is 0 Å². The third-order valence-electron chi connectivity index (χ3n) is 4.22. The van der Waals surface area contributed by atoms with Crippen LogP contribution in [0.2, 0.25) is 0 Å². The van der Waals surface area contributed by atoms with Gasteiger partial charge >= 0.3 is 0 Å². The third-order valence-corrected chi connectivity index (χ3v) is 4.22. The van der Waals surface area contributed by atoms with E-state index in [-0.39, 0.29) is 5.78 Å². The number of ketones is 1. The van der Waals surface area contributed by atoms with Crippen LogP contribution in [0.3, 0.4) is 0 Å². The number of allylic oxidation sites excluding steroid dienone is 1. The number of rotatable bonds is 4. The van der Waals surface area contributed by atoms with Crippen molar-refractivity contribution in [2.75, 3.05) is 13.1 Å². The topological polar surface area (TPSA) is 46.1 Å². The maximum atomic E-state index is 12.7. The van der Waals surface area contributed by atoms with Crippen molar-refractivity contribution in [1.29, 1.82) is 0 Å². The van der Waals surface area contributed by atoms with Gasteiger partial charge in [0.2, 0.25) is 0 Å². The normalized spacial score (nSPS) is 15.6. The lowest BCUT2D eigenvalue weighted by Crippen LogP contribution is -2.22. The molecule has 2 aromatic rings. The van der Waals surface area contributed by atoms with Gasteiger partial charge in [0.05, 0.1) is 11.3 Å². The van der Waals surface area contributed by atoms with Crippen molar-refractivity contribution in [1.82, 2.24) is 14.9 Å². The molecule has 3 rings (SSSR count). The Morgan fingerprint density at radius 2 is 1.87 bits per heavy atom. The largest absolute Gasteiger partial charge is 0.378 e. The second-order valence-corrected chi connectivity index (χ2v) is 5.62. The SMILES string of the molecule is CCN(/C=C1\CCc2nc(-c3ccccc3)ncc2C1=O)CC. The van der Waals surface area contributed by atoms with E-state index >= 15 is 0 Å². The number of benzene rings is 1. The zero-order valence-electron chi connectivity index (χ0n) is 13.6. The number of fused-ring (bicyclic) bond motifs is 1. The first-order valence-electron chi connectivity index (χ1n) is 8.13. The number of aryl methyl sites for hydroxylation is 1. The minimum atomic E-state index is 0.0674. The Morgan fingerprint density at radius 3 is 2.57 bits per heavy atom. The van der Waals surface area contributed by atoms with Crippen LogP contribution in [0.1, 0.15) is 36.3 Å². The number of Topliss-reactive ketones (excluding diaryl/α,β-unsaturated/α-hetero) is 1. The average Bonchev–Trinajstić information content (AvgIpc) is 2.62. The molecule has 1 aliphatic rings. The highest BCUT2D eigenvalue weighted by atomic mass is 16.1. The number of hydrogen-bond acceptors (Lipinski definition) is 4. The van der Waals surface area contributed by atoms with E-state index in [9.17, 15) is 4.79 Å². The fourth-order valence-corrected chi connectivity index (χ4v) is 2.81. The minimum absolute atomic E-state index is 0.0674. The molecule has 0 fully saturated rings. The van der Waals surface area contributed by atoms with E-state index in [0.29, 0.717) is 11.4 Å². The van der Waals surface area contributed by atoms with Crippen LogP contribution in [-0.2, 0) is 6.42 Å². The molecule has 1 heterocycles. The van der Waals surface area contributed by atoms with Crippen LogP contribution in [0.5, 0.6) is 0 Å². The summed E-state index contributed by atoms with van der Waals surface area (Å²) in [6, 6.07) is 9.87. The van der Waals surface area contributed by atoms with Gasteiger partial charge in [-0.05, 0) is 26.7 Å². The van der Waals surface area contributed by atoms with Crippen molar-refractivity contribution < 1.29 is 4.79 Å². The van der Waals surface area contributed by atoms with Crippen LogP contribution in [0, 0.1) is 0 Å². The van der Waals surface area contributed by atoms with Crippen molar-refractivity contribution in [3.05, 3.63) is 59.6 Å². The van der Waals surface area contributed by atoms with Crippen LogP contribution in [0.4, 0.5) is 0 Å². The Hall–Kier alpha value is -2.49. The Kier molecular flexibility index (Phi) is 4.51. The fourth-order valence-electron chi connectivity index (χ4n) is 2.81. The summed E-state index contributed by atoms with van der Waals surface area (Å²) < 4.78 is 0. The van der Waals surface area contributed by atoms with Crippen molar-refractivity contribution in [2.24, 2.45) is 0 Å². The molecule has 1 aromatic carbocycles. The van der Waals surface area contributed by atoms with E-state index in [1.54, 1.807) is 6.20 Å². The van der Waals surface area contributed by atoms with Gasteiger partial charge in [-0.25, -0.2) is 9.97 Å². The Labute approximate surface area is 136 Å². The van der Waals surface area contributed by atoms with E-state index < -0.39 is 0 Å². The summed E-state index contributed by atoms with van der Waals surface area (Å²) in [6.45, 7) is 6.00. The molecule has 0 amide bonds. The van der Waals surface area contributed by atoms with Crippen molar-refractivity contribution in [3.63, 3.8) is 0 Å². The molecule has 0 atom stereocenters. The van der Waals surface area contributed by atoms with Gasteiger partial charge in [0.25, 0.3) is 0 Å². The van der Waals surface area contributed by atoms with Crippen molar-refractivity contribution in [2.45, 2.75) is 26.7 Å². The molecule has 0 saturated carbocycles. The first-order valence-corrected chi connectivity index (χ1v) is 8.13. The van der Waals surface area contributed by atoms with Crippen LogP contribution in [-0.4, -0.2) is 33.7 Å². The lowest BCUT2D eigenvalue weighted by atomic mass is 9.91. The first-order chi connectivity index (χ1) is 11.2. The minimum Gasteiger partial charge on any atom is -0.378 e. The Bertz CT molecular complexity index is 734. The van der Waals surface area contributed by atoms with Crippen LogP contribution in [0.25, 0.3) is 11.4 Å². The van der Waals surface area contributed by atoms with Gasteiger partial charge < -0.3 is 4.90 Å². The number of hydrogen-bond donors (Lipinski definition) is 0. The Balaban J connectivity index is 1.91. The maximum Gasteiger partial charge on any atom is 0.193 e. The highest BCUT2D eigenvalue weighted by Crippen LogP contribution is 2.25. The number of aromatic nitrogens is 2. The molecular weight excluding hydrogens is 286 g/mol. The standard InChI is InChI=1S/C19H21N3O/c1-3-22(4-2)13-15-10-11-17-16(18(15)23)12-20-19(21-17)14-8-6-5-7-9-14/h5-9,12-13H,3-4,10-11H2,1-2H3/b15-13+. The first kappa shape index (κ1) is 15.4. The maximum absolute atomic E-state index is 12.7. The third kappa shape index (κ3) is 3.16. The highest BCUT2D eigenvalue weighted by molar-refractivity contribution is 6.10. The zero-order chi connectivity index (χ0) is 16.2. The molecule has 23 heavy (non-hydrogen) atoms. The van der Waals surface area contributed by atoms with Gasteiger partial charge in [-0.3, -0.25) is 4.79 Å². The second kappa shape index (κ2) is 6.73. The summed E-state index contributed by atoms with van der Waals surface area (Å²) in [4.78, 5) is 23.8. The summed E-state index contributed by atoms with van der Waals surface area (Å²) >= 11 is 0. The predicted octanol–water partition coefficient (Wildman–Crippen LogP) is 3.50. The highest BCUT2D eigenvalue weighted by Gasteiger charge is 2.24. The summed E-state index contributed by atoms with van der Waals surface area (Å²) in [6.07, 6.45) is 5.21. The summed E-state index contributed by atoms with van der Waals surface area (Å²) in [7, 11) is 0. The van der Waals surface area contributed by atoms with Gasteiger partial charge in [0.15, 0.2) is 11.6 Å². The summed E-state index contributed by atoms with van der Waals surface area (Å²) in [5.74, 6) is 0.756. The molecule has 0 N–H and O–H groups in total. The fraction of sp³-hybridized carbons (Fsp3) is 0.316. The lowest BCUT2D eigenvalue weighted by molar-refractivity contribution is 0.102. The lowest BCUT2D eigenvalue weighted by Gasteiger charge is -2.21. The Morgan fingerprint density at radius 1 is 1.13 bits per heavy atom. The molecule has 0 unspecified atom stereocenters. The van der Waals surface area contributed by atoms with E-state index in [2.05, 4.69) is 28.7 Å². The van der Waals surface area contributed by atoms with Crippen molar-refractivity contribution >= 4 is 5.78 Å². The van der Waals surface area contributed by atoms with E-state index in [1.165, 1.54) is 0 Å². The van der Waals surface area contributed by atoms with Crippen LogP contribution < -0.4 is 0 Å². The average molecular weight is 307 g/mol. The van der Waals surface area contributed by atoms with Crippen LogP contribution >= 0.6 is 0 Å². The molecule has 0 spiro atoms. The number of nitrogens with zero attached hydrogens (tertiary/aromatic N) is 3. The van der Waals surface area contributed by atoms with E-state index in [0.717, 1.165) is 42.8 Å². The smallest absolute Gasteiger partial charge is 0.193 e. The van der Waals surface area contributed by atoms with Crippen LogP contribution in [0.15, 0.2) is 48.3 Å². The molecule has 0 saturated heterocycles. The summed E-state index contributed by atoms with van der Waals surface area (Å²) in [5.41, 5.74) is 3.35. The monoisotopic (exact) mass is 307 g/mol. The predicted molar refractivity (Wildman–Crippen MR) is 91.1 cm³/mol. The molecular formula is C19H21N3O. The van der Waals surface area contributed by atoms with Gasteiger partial charge in [0.1, 0.15) is 0 Å². The molecule has 0 bridgehead atoms. The molecule has 4 nitrogen and oxygen atoms in total. The number of carbonyl (C=O) groups is 1. The van der Waals surface area contributed by atoms with E-state index in [1.807, 2.05) is 36.5 Å². The molecule has 1 aliphatic carbocycles. The molecule has 4 heteroatoms. The molecule has 0 radical (unpaired) electrons. The quantitative estimate of drug-likeness (QED) is 0.811. The second-order valence-electron chi connectivity index (χ2n) is 5.62. The zero-order valence-corrected chi connectivity index (χ0v) is 13.6. The van der Waals surface area contributed by atoms with Gasteiger partial charge in [0, 0.05) is 36.6 Å². The molecule has 118 valence electrons. The number of carbonyl (C=O) groups excluding carboxylic acids is 1.